The van der Waals surface area contributed by atoms with Crippen molar-refractivity contribution in [3.63, 3.8) is 0 Å². The summed E-state index contributed by atoms with van der Waals surface area (Å²) in [5.41, 5.74) is 0.823. The summed E-state index contributed by atoms with van der Waals surface area (Å²) in [5, 5.41) is 14.5. The Morgan fingerprint density at radius 3 is 2.72 bits per heavy atom. The van der Waals surface area contributed by atoms with Gasteiger partial charge in [0.25, 0.3) is 11.6 Å². The Hall–Kier alpha value is -2.64. The van der Waals surface area contributed by atoms with Crippen molar-refractivity contribution in [1.82, 2.24) is 10.2 Å². The Morgan fingerprint density at radius 1 is 1.24 bits per heavy atom. The van der Waals surface area contributed by atoms with Gasteiger partial charge in [0, 0.05) is 23.7 Å². The average Bonchev–Trinajstić information content (AvgIpc) is 3.19. The summed E-state index contributed by atoms with van der Waals surface area (Å²) in [6.45, 7) is 2.18. The lowest BCUT2D eigenvalue weighted by Crippen LogP contribution is -2.46. The first-order valence-corrected chi connectivity index (χ1v) is 9.84. The molecule has 2 atom stereocenters. The fraction of sp³-hybridized carbons (Fsp3) is 0.300. The topological polar surface area (TPSA) is 92.6 Å². The molecule has 29 heavy (non-hydrogen) atoms. The maximum absolute atomic E-state index is 12.9. The minimum absolute atomic E-state index is 0.0446. The summed E-state index contributed by atoms with van der Waals surface area (Å²) in [5.74, 6) is -0.661. The Balaban J connectivity index is 1.74. The van der Waals surface area contributed by atoms with Gasteiger partial charge < -0.3 is 10.2 Å². The molecule has 9 heteroatoms. The van der Waals surface area contributed by atoms with E-state index in [0.29, 0.717) is 30.0 Å². The monoisotopic (exact) mass is 435 g/mol. The third-order valence-corrected chi connectivity index (χ3v) is 5.48. The van der Waals surface area contributed by atoms with Crippen LogP contribution in [-0.4, -0.2) is 34.2 Å². The summed E-state index contributed by atoms with van der Waals surface area (Å²) in [6.07, 6.45) is 1.21. The first kappa shape index (κ1) is 21.1. The van der Waals surface area contributed by atoms with E-state index in [-0.39, 0.29) is 28.1 Å². The summed E-state index contributed by atoms with van der Waals surface area (Å²) in [6, 6.07) is 9.64. The van der Waals surface area contributed by atoms with E-state index in [1.54, 1.807) is 31.2 Å². The molecule has 0 bridgehead atoms. The number of nitrogens with one attached hydrogen (secondary N) is 1. The molecule has 1 heterocycles. The molecule has 152 valence electrons. The molecule has 1 N–H and O–H groups in total. The highest BCUT2D eigenvalue weighted by molar-refractivity contribution is 6.35. The molecule has 2 aromatic carbocycles. The molecule has 0 spiro atoms. The molecule has 0 saturated carbocycles. The van der Waals surface area contributed by atoms with Crippen LogP contribution in [0.1, 0.15) is 41.7 Å². The molecule has 1 aliphatic rings. The van der Waals surface area contributed by atoms with Crippen molar-refractivity contribution in [1.29, 1.82) is 0 Å². The zero-order chi connectivity index (χ0) is 21.1. The number of nitrogens with zero attached hydrogens (tertiary/aromatic N) is 2. The zero-order valence-corrected chi connectivity index (χ0v) is 17.1. The second-order valence-corrected chi connectivity index (χ2v) is 7.71. The second kappa shape index (κ2) is 8.80. The van der Waals surface area contributed by atoms with Gasteiger partial charge in [-0.25, -0.2) is 0 Å². The minimum atomic E-state index is -0.640. The zero-order valence-electron chi connectivity index (χ0n) is 15.6. The number of non-ortho nitro benzene ring substituents is 1. The van der Waals surface area contributed by atoms with Gasteiger partial charge in [-0.15, -0.1) is 0 Å². The van der Waals surface area contributed by atoms with Crippen LogP contribution in [0.3, 0.4) is 0 Å². The van der Waals surface area contributed by atoms with E-state index in [1.165, 1.54) is 23.1 Å². The van der Waals surface area contributed by atoms with Crippen LogP contribution in [0.5, 0.6) is 0 Å². The fourth-order valence-corrected chi connectivity index (χ4v) is 3.77. The van der Waals surface area contributed by atoms with Gasteiger partial charge in [-0.05, 0) is 43.5 Å². The van der Waals surface area contributed by atoms with Gasteiger partial charge in [-0.1, -0.05) is 35.3 Å². The Labute approximate surface area is 177 Å². The highest BCUT2D eigenvalue weighted by Crippen LogP contribution is 2.27. The standard InChI is InChI=1S/C20H19Cl2N3O4/c1-12(13-4-2-5-15(10-13)25(28)29)23-19(26)18-6-3-9-24(18)20(27)16-11-14(21)7-8-17(16)22/h2,4-5,7-8,10-12,18H,3,6,9H2,1H3,(H,23,26). The predicted molar refractivity (Wildman–Crippen MR) is 110 cm³/mol. The molecule has 2 amide bonds. The fourth-order valence-electron chi connectivity index (χ4n) is 3.40. The average molecular weight is 436 g/mol. The second-order valence-electron chi connectivity index (χ2n) is 6.86. The molecule has 0 radical (unpaired) electrons. The van der Waals surface area contributed by atoms with Crippen LogP contribution in [0.2, 0.25) is 10.0 Å². The molecule has 1 fully saturated rings. The molecule has 2 unspecified atom stereocenters. The van der Waals surface area contributed by atoms with Crippen molar-refractivity contribution in [2.24, 2.45) is 0 Å². The van der Waals surface area contributed by atoms with Crippen LogP contribution in [0, 0.1) is 10.1 Å². The third kappa shape index (κ3) is 4.68. The number of halogens is 2. The van der Waals surface area contributed by atoms with E-state index in [1.807, 2.05) is 0 Å². The highest BCUT2D eigenvalue weighted by Gasteiger charge is 2.35. The third-order valence-electron chi connectivity index (χ3n) is 4.91. The van der Waals surface area contributed by atoms with Crippen molar-refractivity contribution >= 4 is 40.7 Å². The van der Waals surface area contributed by atoms with E-state index < -0.39 is 17.0 Å². The molecule has 2 aromatic rings. The summed E-state index contributed by atoms with van der Waals surface area (Å²) >= 11 is 12.1. The first-order chi connectivity index (χ1) is 13.8. The number of rotatable bonds is 5. The largest absolute Gasteiger partial charge is 0.348 e. The maximum atomic E-state index is 12.9. The number of likely N-dealkylation sites (tertiary alicyclic amines) is 1. The van der Waals surface area contributed by atoms with Crippen LogP contribution < -0.4 is 5.32 Å². The lowest BCUT2D eigenvalue weighted by molar-refractivity contribution is -0.384. The molecule has 0 aromatic heterocycles. The number of amides is 2. The quantitative estimate of drug-likeness (QED) is 0.556. The van der Waals surface area contributed by atoms with E-state index in [4.69, 9.17) is 23.2 Å². The Kier molecular flexibility index (Phi) is 6.39. The van der Waals surface area contributed by atoms with Gasteiger partial charge in [0.05, 0.1) is 21.6 Å². The molecule has 1 saturated heterocycles. The van der Waals surface area contributed by atoms with Crippen molar-refractivity contribution in [2.75, 3.05) is 6.54 Å². The SMILES string of the molecule is CC(NC(=O)C1CCCN1C(=O)c1cc(Cl)ccc1Cl)c1cccc([N+](=O)[O-])c1. The predicted octanol–water partition coefficient (Wildman–Crippen LogP) is 4.38. The number of carbonyl (C=O) groups excluding carboxylic acids is 2. The van der Waals surface area contributed by atoms with Crippen molar-refractivity contribution < 1.29 is 14.5 Å². The molecular formula is C20H19Cl2N3O4. The van der Waals surface area contributed by atoms with Gasteiger partial charge in [0.2, 0.25) is 5.91 Å². The van der Waals surface area contributed by atoms with Crippen molar-refractivity contribution in [3.8, 4) is 0 Å². The Bertz CT molecular complexity index is 966. The maximum Gasteiger partial charge on any atom is 0.269 e. The summed E-state index contributed by atoms with van der Waals surface area (Å²) in [4.78, 5) is 37.8. The van der Waals surface area contributed by atoms with Gasteiger partial charge >= 0.3 is 0 Å². The van der Waals surface area contributed by atoms with E-state index in [0.717, 1.165) is 0 Å². The molecule has 3 rings (SSSR count). The van der Waals surface area contributed by atoms with E-state index >= 15 is 0 Å². The highest BCUT2D eigenvalue weighted by atomic mass is 35.5. The molecule has 7 nitrogen and oxygen atoms in total. The first-order valence-electron chi connectivity index (χ1n) is 9.08. The lowest BCUT2D eigenvalue weighted by atomic mass is 10.1. The van der Waals surface area contributed by atoms with Gasteiger partial charge in [0.1, 0.15) is 6.04 Å². The number of carbonyl (C=O) groups is 2. The lowest BCUT2D eigenvalue weighted by Gasteiger charge is -2.26. The molecule has 0 aliphatic carbocycles. The van der Waals surface area contributed by atoms with Gasteiger partial charge in [-0.2, -0.15) is 0 Å². The number of hydrogen-bond acceptors (Lipinski definition) is 4. The van der Waals surface area contributed by atoms with Gasteiger partial charge in [-0.3, -0.25) is 19.7 Å². The Morgan fingerprint density at radius 2 is 2.00 bits per heavy atom. The van der Waals surface area contributed by atoms with Crippen LogP contribution >= 0.6 is 23.2 Å². The molecular weight excluding hydrogens is 417 g/mol. The number of benzene rings is 2. The summed E-state index contributed by atoms with van der Waals surface area (Å²) in [7, 11) is 0. The smallest absolute Gasteiger partial charge is 0.269 e. The van der Waals surface area contributed by atoms with Crippen molar-refractivity contribution in [2.45, 2.75) is 31.8 Å². The van der Waals surface area contributed by atoms with Crippen LogP contribution in [0.15, 0.2) is 42.5 Å². The number of nitro benzene ring substituents is 1. The van der Waals surface area contributed by atoms with Crippen molar-refractivity contribution in [3.05, 3.63) is 73.8 Å². The van der Waals surface area contributed by atoms with Gasteiger partial charge in [0.15, 0.2) is 0 Å². The van der Waals surface area contributed by atoms with Crippen LogP contribution in [-0.2, 0) is 4.79 Å². The molecule has 1 aliphatic heterocycles. The number of nitro groups is 1. The number of hydrogen-bond donors (Lipinski definition) is 1. The van der Waals surface area contributed by atoms with E-state index in [2.05, 4.69) is 5.32 Å². The van der Waals surface area contributed by atoms with E-state index in [9.17, 15) is 19.7 Å². The normalized spacial score (nSPS) is 17.1. The van der Waals surface area contributed by atoms with Crippen LogP contribution in [0.4, 0.5) is 5.69 Å². The van der Waals surface area contributed by atoms with Crippen LogP contribution in [0.25, 0.3) is 0 Å². The minimum Gasteiger partial charge on any atom is -0.348 e. The summed E-state index contributed by atoms with van der Waals surface area (Å²) < 4.78 is 0.